The van der Waals surface area contributed by atoms with Gasteiger partial charge in [-0.05, 0) is 30.9 Å². The number of carbonyl (C=O) groups excluding carboxylic acids is 1. The van der Waals surface area contributed by atoms with Crippen molar-refractivity contribution in [3.05, 3.63) is 41.8 Å². The Morgan fingerprint density at radius 1 is 1.40 bits per heavy atom. The zero-order chi connectivity index (χ0) is 17.6. The second kappa shape index (κ2) is 8.09. The standard InChI is InChI=1S/C18H25N5O2/c1-13(2)11-23(12-15-5-3-4-9-19-15)18(24)20-10-8-16-21-17(25-22-16)14-6-7-14/h3-5,9,13-14H,6-8,10-12H2,1-2H3,(H,20,24). The summed E-state index contributed by atoms with van der Waals surface area (Å²) in [5.41, 5.74) is 0.880. The third kappa shape index (κ3) is 5.27. The molecule has 0 unspecified atom stereocenters. The molecule has 0 atom stereocenters. The normalized spacial score (nSPS) is 13.9. The molecule has 2 amide bonds. The number of hydrogen-bond donors (Lipinski definition) is 1. The molecule has 1 aliphatic rings. The molecule has 25 heavy (non-hydrogen) atoms. The zero-order valence-electron chi connectivity index (χ0n) is 14.8. The smallest absolute Gasteiger partial charge is 0.317 e. The van der Waals surface area contributed by atoms with Crippen LogP contribution in [0.2, 0.25) is 0 Å². The Hall–Kier alpha value is -2.44. The first-order chi connectivity index (χ1) is 12.1. The van der Waals surface area contributed by atoms with E-state index in [1.165, 1.54) is 0 Å². The van der Waals surface area contributed by atoms with Crippen LogP contribution in [0.3, 0.4) is 0 Å². The number of rotatable bonds is 8. The van der Waals surface area contributed by atoms with Gasteiger partial charge in [-0.15, -0.1) is 0 Å². The van der Waals surface area contributed by atoms with E-state index in [0.717, 1.165) is 24.4 Å². The summed E-state index contributed by atoms with van der Waals surface area (Å²) in [7, 11) is 0. The van der Waals surface area contributed by atoms with Crippen molar-refractivity contribution in [1.29, 1.82) is 0 Å². The minimum absolute atomic E-state index is 0.0923. The fraction of sp³-hybridized carbons (Fsp3) is 0.556. The molecule has 134 valence electrons. The number of carbonyl (C=O) groups is 1. The molecule has 0 bridgehead atoms. The van der Waals surface area contributed by atoms with E-state index in [4.69, 9.17) is 4.52 Å². The fourth-order valence-electron chi connectivity index (χ4n) is 2.61. The maximum atomic E-state index is 12.5. The first-order valence-electron chi connectivity index (χ1n) is 8.87. The largest absolute Gasteiger partial charge is 0.339 e. The Kier molecular flexibility index (Phi) is 5.63. The highest BCUT2D eigenvalue weighted by Gasteiger charge is 2.29. The topological polar surface area (TPSA) is 84.2 Å². The van der Waals surface area contributed by atoms with Crippen LogP contribution in [0.5, 0.6) is 0 Å². The molecule has 3 rings (SSSR count). The molecule has 0 aliphatic heterocycles. The van der Waals surface area contributed by atoms with Gasteiger partial charge >= 0.3 is 6.03 Å². The first kappa shape index (κ1) is 17.4. The molecule has 0 spiro atoms. The molecule has 7 nitrogen and oxygen atoms in total. The minimum Gasteiger partial charge on any atom is -0.339 e. The third-order valence-electron chi connectivity index (χ3n) is 3.99. The van der Waals surface area contributed by atoms with Gasteiger partial charge in [0.1, 0.15) is 0 Å². The predicted octanol–water partition coefficient (Wildman–Crippen LogP) is 2.75. The second-order valence-corrected chi connectivity index (χ2v) is 6.90. The zero-order valence-corrected chi connectivity index (χ0v) is 14.8. The summed E-state index contributed by atoms with van der Waals surface area (Å²) in [4.78, 5) is 23.0. The third-order valence-corrected chi connectivity index (χ3v) is 3.99. The van der Waals surface area contributed by atoms with Crippen LogP contribution in [0.4, 0.5) is 4.79 Å². The highest BCUT2D eigenvalue weighted by Crippen LogP contribution is 2.38. The minimum atomic E-state index is -0.0923. The van der Waals surface area contributed by atoms with E-state index in [9.17, 15) is 4.79 Å². The molecule has 1 aliphatic carbocycles. The summed E-state index contributed by atoms with van der Waals surface area (Å²) in [6.45, 7) is 5.85. The van der Waals surface area contributed by atoms with Crippen molar-refractivity contribution >= 4 is 6.03 Å². The Bertz CT molecular complexity index is 682. The molecule has 0 saturated heterocycles. The fourth-order valence-corrected chi connectivity index (χ4v) is 2.61. The predicted molar refractivity (Wildman–Crippen MR) is 92.9 cm³/mol. The van der Waals surface area contributed by atoms with Crippen LogP contribution in [0.15, 0.2) is 28.9 Å². The Morgan fingerprint density at radius 3 is 2.92 bits per heavy atom. The lowest BCUT2D eigenvalue weighted by Crippen LogP contribution is -2.42. The van der Waals surface area contributed by atoms with Crippen molar-refractivity contribution < 1.29 is 9.32 Å². The average molecular weight is 343 g/mol. The van der Waals surface area contributed by atoms with Crippen LogP contribution in [0.25, 0.3) is 0 Å². The van der Waals surface area contributed by atoms with E-state index in [1.54, 1.807) is 11.1 Å². The van der Waals surface area contributed by atoms with Crippen molar-refractivity contribution in [3.8, 4) is 0 Å². The van der Waals surface area contributed by atoms with Gasteiger partial charge in [-0.3, -0.25) is 4.98 Å². The lowest BCUT2D eigenvalue weighted by atomic mass is 10.2. The van der Waals surface area contributed by atoms with E-state index in [1.807, 2.05) is 18.2 Å². The SMILES string of the molecule is CC(C)CN(Cc1ccccn1)C(=O)NCCc1noc(C2CC2)n1. The van der Waals surface area contributed by atoms with Gasteiger partial charge in [0.15, 0.2) is 5.82 Å². The van der Waals surface area contributed by atoms with Crippen LogP contribution < -0.4 is 5.32 Å². The molecule has 0 aromatic carbocycles. The average Bonchev–Trinajstić information content (AvgIpc) is 3.34. The number of pyridine rings is 1. The highest BCUT2D eigenvalue weighted by molar-refractivity contribution is 5.74. The van der Waals surface area contributed by atoms with Crippen LogP contribution in [-0.2, 0) is 13.0 Å². The lowest BCUT2D eigenvalue weighted by Gasteiger charge is -2.24. The molecule has 7 heteroatoms. The van der Waals surface area contributed by atoms with Gasteiger partial charge in [0.2, 0.25) is 5.89 Å². The van der Waals surface area contributed by atoms with Crippen molar-refractivity contribution in [2.45, 2.75) is 45.6 Å². The maximum Gasteiger partial charge on any atom is 0.317 e. The van der Waals surface area contributed by atoms with E-state index in [0.29, 0.717) is 43.7 Å². The van der Waals surface area contributed by atoms with E-state index in [2.05, 4.69) is 34.3 Å². The van der Waals surface area contributed by atoms with Crippen LogP contribution in [-0.4, -0.2) is 39.1 Å². The summed E-state index contributed by atoms with van der Waals surface area (Å²) in [5, 5.41) is 6.92. The van der Waals surface area contributed by atoms with E-state index in [-0.39, 0.29) is 6.03 Å². The Morgan fingerprint density at radius 2 is 2.24 bits per heavy atom. The quantitative estimate of drug-likeness (QED) is 0.797. The van der Waals surface area contributed by atoms with Crippen molar-refractivity contribution in [1.82, 2.24) is 25.3 Å². The molecule has 1 saturated carbocycles. The van der Waals surface area contributed by atoms with Crippen LogP contribution >= 0.6 is 0 Å². The molecule has 2 heterocycles. The van der Waals surface area contributed by atoms with E-state index < -0.39 is 0 Å². The van der Waals surface area contributed by atoms with Crippen LogP contribution in [0, 0.1) is 5.92 Å². The molecule has 2 aromatic rings. The summed E-state index contributed by atoms with van der Waals surface area (Å²) in [5.74, 6) is 2.23. The van der Waals surface area contributed by atoms with Gasteiger partial charge in [-0.1, -0.05) is 25.1 Å². The molecule has 1 N–H and O–H groups in total. The summed E-state index contributed by atoms with van der Waals surface area (Å²) in [6, 6.07) is 5.64. The van der Waals surface area contributed by atoms with Crippen LogP contribution in [0.1, 0.15) is 50.0 Å². The van der Waals surface area contributed by atoms with Gasteiger partial charge in [0.05, 0.1) is 12.2 Å². The summed E-state index contributed by atoms with van der Waals surface area (Å²) in [6.07, 6.45) is 4.58. The summed E-state index contributed by atoms with van der Waals surface area (Å²) < 4.78 is 5.23. The van der Waals surface area contributed by atoms with Gasteiger partial charge in [0, 0.05) is 31.6 Å². The first-order valence-corrected chi connectivity index (χ1v) is 8.87. The number of urea groups is 1. The number of aromatic nitrogens is 3. The summed E-state index contributed by atoms with van der Waals surface area (Å²) >= 11 is 0. The van der Waals surface area contributed by atoms with Gasteiger partial charge in [-0.2, -0.15) is 4.98 Å². The Labute approximate surface area is 147 Å². The van der Waals surface area contributed by atoms with Gasteiger partial charge < -0.3 is 14.7 Å². The molecule has 1 fully saturated rings. The molecule has 0 radical (unpaired) electrons. The molecular weight excluding hydrogens is 318 g/mol. The lowest BCUT2D eigenvalue weighted by molar-refractivity contribution is 0.187. The van der Waals surface area contributed by atoms with Gasteiger partial charge in [0.25, 0.3) is 0 Å². The number of nitrogens with zero attached hydrogens (tertiary/aromatic N) is 4. The van der Waals surface area contributed by atoms with Crippen molar-refractivity contribution in [3.63, 3.8) is 0 Å². The number of hydrogen-bond acceptors (Lipinski definition) is 5. The van der Waals surface area contributed by atoms with Gasteiger partial charge in [-0.25, -0.2) is 4.79 Å². The molecule has 2 aromatic heterocycles. The van der Waals surface area contributed by atoms with E-state index >= 15 is 0 Å². The highest BCUT2D eigenvalue weighted by atomic mass is 16.5. The Balaban J connectivity index is 1.50. The monoisotopic (exact) mass is 343 g/mol. The number of amides is 2. The van der Waals surface area contributed by atoms with Crippen molar-refractivity contribution in [2.24, 2.45) is 5.92 Å². The maximum absolute atomic E-state index is 12.5. The molecular formula is C18H25N5O2. The van der Waals surface area contributed by atoms with Crippen molar-refractivity contribution in [2.75, 3.05) is 13.1 Å². The number of nitrogens with one attached hydrogen (secondary N) is 1. The second-order valence-electron chi connectivity index (χ2n) is 6.90.